The summed E-state index contributed by atoms with van der Waals surface area (Å²) in [6.45, 7) is 3.93. The fraction of sp³-hybridized carbons (Fsp3) is 0.500. The Kier molecular flexibility index (Phi) is 5.81. The van der Waals surface area contributed by atoms with E-state index >= 15 is 0 Å². The number of carbonyl (C=O) groups is 1. The van der Waals surface area contributed by atoms with E-state index in [1.165, 1.54) is 0 Å². The normalized spacial score (nSPS) is 10.6. The molecule has 2 nitrogen and oxygen atoms in total. The molecule has 0 heterocycles. The Morgan fingerprint density at radius 3 is 2.83 bits per heavy atom. The van der Waals surface area contributed by atoms with Crippen LogP contribution in [0.3, 0.4) is 0 Å². The molecule has 2 heteroatoms. The van der Waals surface area contributed by atoms with Crippen LogP contribution in [-0.4, -0.2) is 12.6 Å². The van der Waals surface area contributed by atoms with Gasteiger partial charge in [-0.15, -0.1) is 12.3 Å². The number of ether oxygens (including phenoxy) is 1. The van der Waals surface area contributed by atoms with E-state index in [-0.39, 0.29) is 5.97 Å². The Balaban J connectivity index is 3.84. The van der Waals surface area contributed by atoms with Crippen LogP contribution in [0.1, 0.15) is 26.7 Å². The van der Waals surface area contributed by atoms with E-state index < -0.39 is 0 Å². The molecule has 0 aromatic carbocycles. The molecule has 0 aromatic rings. The van der Waals surface area contributed by atoms with Gasteiger partial charge < -0.3 is 4.74 Å². The van der Waals surface area contributed by atoms with Crippen molar-refractivity contribution in [2.75, 3.05) is 6.61 Å². The van der Waals surface area contributed by atoms with Crippen molar-refractivity contribution < 1.29 is 9.53 Å². The third-order valence-electron chi connectivity index (χ3n) is 1.34. The molecule has 0 saturated heterocycles. The second-order valence-corrected chi connectivity index (χ2v) is 2.35. The molecule has 0 atom stereocenters. The summed E-state index contributed by atoms with van der Waals surface area (Å²) in [5.74, 6) is 2.24. The van der Waals surface area contributed by atoms with Crippen LogP contribution in [0.25, 0.3) is 0 Å². The number of terminal acetylenes is 1. The van der Waals surface area contributed by atoms with Crippen LogP contribution in [0.5, 0.6) is 0 Å². The largest absolute Gasteiger partial charge is 0.463 e. The third-order valence-corrected chi connectivity index (χ3v) is 1.34. The molecule has 0 fully saturated rings. The molecule has 0 saturated carbocycles. The van der Waals surface area contributed by atoms with Crippen molar-refractivity contribution in [3.8, 4) is 12.3 Å². The minimum absolute atomic E-state index is 0.255. The van der Waals surface area contributed by atoms with Crippen molar-refractivity contribution >= 4 is 5.97 Å². The maximum absolute atomic E-state index is 11.0. The van der Waals surface area contributed by atoms with E-state index in [1.807, 2.05) is 0 Å². The summed E-state index contributed by atoms with van der Waals surface area (Å²) >= 11 is 0. The Hall–Kier alpha value is -1.23. The van der Waals surface area contributed by atoms with Gasteiger partial charge in [-0.3, -0.25) is 0 Å². The number of hydrogen-bond acceptors (Lipinski definition) is 2. The van der Waals surface area contributed by atoms with Gasteiger partial charge in [0.05, 0.1) is 6.61 Å². The van der Waals surface area contributed by atoms with E-state index in [1.54, 1.807) is 19.9 Å². The lowest BCUT2D eigenvalue weighted by Crippen LogP contribution is -2.04. The monoisotopic (exact) mass is 166 g/mol. The van der Waals surface area contributed by atoms with Crippen LogP contribution in [0.15, 0.2) is 11.6 Å². The molecule has 0 aliphatic rings. The lowest BCUT2D eigenvalue weighted by atomic mass is 10.2. The van der Waals surface area contributed by atoms with Crippen molar-refractivity contribution in [3.63, 3.8) is 0 Å². The molecular formula is C10H14O2. The highest BCUT2D eigenvalue weighted by atomic mass is 16.5. The predicted octanol–water partition coefficient (Wildman–Crippen LogP) is 1.91. The number of allylic oxidation sites excluding steroid dienone is 1. The van der Waals surface area contributed by atoms with Gasteiger partial charge in [-0.25, -0.2) is 4.79 Å². The molecule has 0 amide bonds. The number of unbranched alkanes of at least 4 members (excludes halogenated alkanes) is 1. The van der Waals surface area contributed by atoms with Crippen LogP contribution < -0.4 is 0 Å². The van der Waals surface area contributed by atoms with Gasteiger partial charge in [0.15, 0.2) is 0 Å². The highest BCUT2D eigenvalue weighted by Gasteiger charge is 2.02. The molecule has 0 N–H and O–H groups in total. The first kappa shape index (κ1) is 10.8. The van der Waals surface area contributed by atoms with Crippen LogP contribution in [0, 0.1) is 12.3 Å². The van der Waals surface area contributed by atoms with E-state index in [0.717, 1.165) is 6.42 Å². The maximum Gasteiger partial charge on any atom is 0.333 e. The van der Waals surface area contributed by atoms with Gasteiger partial charge >= 0.3 is 5.97 Å². The first-order valence-corrected chi connectivity index (χ1v) is 3.99. The summed E-state index contributed by atoms with van der Waals surface area (Å²) in [4.78, 5) is 11.0. The smallest absolute Gasteiger partial charge is 0.333 e. The number of carbonyl (C=O) groups excluding carboxylic acids is 1. The van der Waals surface area contributed by atoms with Gasteiger partial charge in [-0.05, 0) is 20.3 Å². The van der Waals surface area contributed by atoms with E-state index in [9.17, 15) is 4.79 Å². The Bertz CT molecular complexity index is 208. The van der Waals surface area contributed by atoms with Gasteiger partial charge in [0, 0.05) is 12.0 Å². The molecule has 0 radical (unpaired) electrons. The Labute approximate surface area is 73.6 Å². The lowest BCUT2D eigenvalue weighted by Gasteiger charge is -1.99. The van der Waals surface area contributed by atoms with Gasteiger partial charge in [0.1, 0.15) is 0 Å². The summed E-state index contributed by atoms with van der Waals surface area (Å²) in [6, 6.07) is 0. The quantitative estimate of drug-likeness (QED) is 0.276. The highest BCUT2D eigenvalue weighted by molar-refractivity contribution is 5.87. The maximum atomic E-state index is 11.0. The SMILES string of the molecule is C#CCCC=C(C)C(=O)OCC. The van der Waals surface area contributed by atoms with Crippen LogP contribution in [0.2, 0.25) is 0 Å². The molecule has 0 aliphatic heterocycles. The van der Waals surface area contributed by atoms with Crippen molar-refractivity contribution in [2.45, 2.75) is 26.7 Å². The summed E-state index contributed by atoms with van der Waals surface area (Å²) in [5.41, 5.74) is 0.632. The molecule has 0 bridgehead atoms. The van der Waals surface area contributed by atoms with Gasteiger partial charge in [0.25, 0.3) is 0 Å². The lowest BCUT2D eigenvalue weighted by molar-refractivity contribution is -0.138. The number of hydrogen-bond donors (Lipinski definition) is 0. The number of rotatable bonds is 4. The molecule has 0 spiro atoms. The van der Waals surface area contributed by atoms with Crippen molar-refractivity contribution in [1.82, 2.24) is 0 Å². The van der Waals surface area contributed by atoms with Crippen LogP contribution in [0.4, 0.5) is 0 Å². The van der Waals surface area contributed by atoms with Crippen LogP contribution in [-0.2, 0) is 9.53 Å². The fourth-order valence-corrected chi connectivity index (χ4v) is 0.700. The van der Waals surface area contributed by atoms with Crippen molar-refractivity contribution in [3.05, 3.63) is 11.6 Å². The Morgan fingerprint density at radius 2 is 2.33 bits per heavy atom. The molecule has 12 heavy (non-hydrogen) atoms. The topological polar surface area (TPSA) is 26.3 Å². The zero-order valence-electron chi connectivity index (χ0n) is 7.59. The van der Waals surface area contributed by atoms with E-state index in [2.05, 4.69) is 5.92 Å². The molecule has 66 valence electrons. The van der Waals surface area contributed by atoms with E-state index in [4.69, 9.17) is 11.2 Å². The molecule has 0 rings (SSSR count). The summed E-state index contributed by atoms with van der Waals surface area (Å²) in [5, 5.41) is 0. The van der Waals surface area contributed by atoms with E-state index in [0.29, 0.717) is 18.6 Å². The van der Waals surface area contributed by atoms with Gasteiger partial charge in [-0.2, -0.15) is 0 Å². The highest BCUT2D eigenvalue weighted by Crippen LogP contribution is 2.00. The zero-order chi connectivity index (χ0) is 9.40. The average Bonchev–Trinajstić information content (AvgIpc) is 2.05. The second-order valence-electron chi connectivity index (χ2n) is 2.35. The van der Waals surface area contributed by atoms with Crippen molar-refractivity contribution in [1.29, 1.82) is 0 Å². The van der Waals surface area contributed by atoms with Gasteiger partial charge in [0.2, 0.25) is 0 Å². The average molecular weight is 166 g/mol. The molecule has 0 unspecified atom stereocenters. The minimum atomic E-state index is -0.255. The summed E-state index contributed by atoms with van der Waals surface area (Å²) in [6.07, 6.45) is 8.26. The fourth-order valence-electron chi connectivity index (χ4n) is 0.700. The first-order chi connectivity index (χ1) is 5.72. The standard InChI is InChI=1S/C10H14O2/c1-4-6-7-8-9(3)10(11)12-5-2/h1,8H,5-7H2,2-3H3. The third kappa shape index (κ3) is 4.56. The number of esters is 1. The summed E-state index contributed by atoms with van der Waals surface area (Å²) in [7, 11) is 0. The Morgan fingerprint density at radius 1 is 1.67 bits per heavy atom. The summed E-state index contributed by atoms with van der Waals surface area (Å²) < 4.78 is 4.78. The second kappa shape index (κ2) is 6.48. The first-order valence-electron chi connectivity index (χ1n) is 3.99. The zero-order valence-corrected chi connectivity index (χ0v) is 7.59. The van der Waals surface area contributed by atoms with Gasteiger partial charge in [-0.1, -0.05) is 6.08 Å². The van der Waals surface area contributed by atoms with Crippen molar-refractivity contribution in [2.24, 2.45) is 0 Å². The van der Waals surface area contributed by atoms with Crippen LogP contribution >= 0.6 is 0 Å². The predicted molar refractivity (Wildman–Crippen MR) is 48.5 cm³/mol. The molecule has 0 aliphatic carbocycles. The minimum Gasteiger partial charge on any atom is -0.463 e. The molecule has 0 aromatic heterocycles. The molecular weight excluding hydrogens is 152 g/mol.